The molecule has 1 aromatic heterocycles. The molecular weight excluding hydrogens is 182 g/mol. The number of carbonyl (C=O) groups excluding carboxylic acids is 1. The van der Waals surface area contributed by atoms with Crippen LogP contribution in [-0.4, -0.2) is 27.6 Å². The molecule has 5 nitrogen and oxygen atoms in total. The van der Waals surface area contributed by atoms with E-state index in [1.807, 2.05) is 0 Å². The number of nitrogens with one attached hydrogen (secondary N) is 1. The van der Waals surface area contributed by atoms with Gasteiger partial charge in [0, 0.05) is 19.2 Å². The molecule has 0 aromatic carbocycles. The Hall–Kier alpha value is -1.49. The van der Waals surface area contributed by atoms with Gasteiger partial charge in [0.05, 0.1) is 12.2 Å². The highest BCUT2D eigenvalue weighted by atomic mass is 16.3. The zero-order valence-corrected chi connectivity index (χ0v) is 7.81. The molecule has 0 fully saturated rings. The molecule has 0 unspecified atom stereocenters. The first-order chi connectivity index (χ1) is 6.83. The minimum absolute atomic E-state index is 0.0426. The van der Waals surface area contributed by atoms with Crippen molar-refractivity contribution in [3.63, 3.8) is 0 Å². The average molecular weight is 195 g/mol. The van der Waals surface area contributed by atoms with E-state index >= 15 is 0 Å². The van der Waals surface area contributed by atoms with Gasteiger partial charge in [-0.15, -0.1) is 0 Å². The van der Waals surface area contributed by atoms with E-state index in [0.29, 0.717) is 19.4 Å². The lowest BCUT2D eigenvalue weighted by molar-refractivity contribution is -0.121. The Balaban J connectivity index is 2.24. The molecule has 1 aromatic rings. The summed E-state index contributed by atoms with van der Waals surface area (Å²) < 4.78 is 0. The summed E-state index contributed by atoms with van der Waals surface area (Å²) >= 11 is 0. The molecule has 5 heteroatoms. The lowest BCUT2D eigenvalue weighted by Crippen LogP contribution is -2.23. The second-order valence-corrected chi connectivity index (χ2v) is 2.80. The van der Waals surface area contributed by atoms with E-state index in [9.17, 15) is 4.79 Å². The van der Waals surface area contributed by atoms with E-state index in [2.05, 4.69) is 15.3 Å². The Kier molecular flexibility index (Phi) is 4.57. The maximum absolute atomic E-state index is 11.1. The maximum atomic E-state index is 11.1. The number of nitrogens with zero attached hydrogens (tertiary/aromatic N) is 2. The van der Waals surface area contributed by atoms with Crippen LogP contribution in [-0.2, 0) is 11.3 Å². The van der Waals surface area contributed by atoms with Gasteiger partial charge in [-0.05, 0) is 12.5 Å². The number of aliphatic hydroxyl groups excluding tert-OH is 1. The van der Waals surface area contributed by atoms with Crippen LogP contribution in [0.3, 0.4) is 0 Å². The van der Waals surface area contributed by atoms with E-state index in [4.69, 9.17) is 5.11 Å². The van der Waals surface area contributed by atoms with E-state index in [1.54, 1.807) is 12.3 Å². The fraction of sp³-hybridized carbons (Fsp3) is 0.444. The fourth-order valence-corrected chi connectivity index (χ4v) is 0.940. The summed E-state index contributed by atoms with van der Waals surface area (Å²) in [5, 5.41) is 11.2. The van der Waals surface area contributed by atoms with Gasteiger partial charge >= 0.3 is 0 Å². The standard InChI is InChI=1S/C9H13N3O2/c13-5-1-2-9(14)11-6-8-3-4-10-7-12-8/h3-4,7,13H,1-2,5-6H2,(H,11,14). The van der Waals surface area contributed by atoms with E-state index in [0.717, 1.165) is 5.69 Å². The van der Waals surface area contributed by atoms with E-state index in [1.165, 1.54) is 6.33 Å². The van der Waals surface area contributed by atoms with Crippen LogP contribution in [0, 0.1) is 0 Å². The van der Waals surface area contributed by atoms with Crippen molar-refractivity contribution < 1.29 is 9.90 Å². The number of amides is 1. The third-order valence-electron chi connectivity index (χ3n) is 1.67. The van der Waals surface area contributed by atoms with Crippen LogP contribution >= 0.6 is 0 Å². The predicted molar refractivity (Wildman–Crippen MR) is 50.2 cm³/mol. The van der Waals surface area contributed by atoms with Crippen LogP contribution in [0.1, 0.15) is 18.5 Å². The van der Waals surface area contributed by atoms with Gasteiger partial charge in [-0.2, -0.15) is 0 Å². The molecule has 0 saturated heterocycles. The Morgan fingerprint density at radius 2 is 2.43 bits per heavy atom. The lowest BCUT2D eigenvalue weighted by Gasteiger charge is -2.02. The summed E-state index contributed by atoms with van der Waals surface area (Å²) in [4.78, 5) is 18.8. The molecule has 2 N–H and O–H groups in total. The summed E-state index contributed by atoms with van der Waals surface area (Å²) in [5.41, 5.74) is 0.775. The number of hydrogen-bond donors (Lipinski definition) is 2. The van der Waals surface area contributed by atoms with Crippen molar-refractivity contribution >= 4 is 5.91 Å². The Bertz CT molecular complexity index is 277. The summed E-state index contributed by atoms with van der Waals surface area (Å²) in [6, 6.07) is 1.74. The summed E-state index contributed by atoms with van der Waals surface area (Å²) in [5.74, 6) is -0.0716. The first-order valence-corrected chi connectivity index (χ1v) is 4.45. The van der Waals surface area contributed by atoms with Crippen LogP contribution < -0.4 is 5.32 Å². The second kappa shape index (κ2) is 6.04. The van der Waals surface area contributed by atoms with Crippen LogP contribution in [0.15, 0.2) is 18.6 Å². The van der Waals surface area contributed by atoms with Gasteiger partial charge in [-0.1, -0.05) is 0 Å². The van der Waals surface area contributed by atoms with Crippen molar-refractivity contribution in [2.24, 2.45) is 0 Å². The topological polar surface area (TPSA) is 75.1 Å². The molecule has 1 heterocycles. The molecule has 1 rings (SSSR count). The van der Waals surface area contributed by atoms with Crippen LogP contribution in [0.4, 0.5) is 0 Å². The molecule has 0 aliphatic rings. The fourth-order valence-electron chi connectivity index (χ4n) is 0.940. The van der Waals surface area contributed by atoms with Gasteiger partial charge in [-0.25, -0.2) is 9.97 Å². The van der Waals surface area contributed by atoms with Gasteiger partial charge in [0.1, 0.15) is 6.33 Å². The molecule has 0 aliphatic carbocycles. The molecule has 76 valence electrons. The normalized spacial score (nSPS) is 9.79. The SMILES string of the molecule is O=C(CCCO)NCc1ccncn1. The van der Waals surface area contributed by atoms with Crippen LogP contribution in [0.2, 0.25) is 0 Å². The van der Waals surface area contributed by atoms with Crippen LogP contribution in [0.5, 0.6) is 0 Å². The molecule has 0 atom stereocenters. The van der Waals surface area contributed by atoms with Gasteiger partial charge in [0.15, 0.2) is 0 Å². The minimum atomic E-state index is -0.0716. The molecule has 0 spiro atoms. The first-order valence-electron chi connectivity index (χ1n) is 4.45. The third-order valence-corrected chi connectivity index (χ3v) is 1.67. The smallest absolute Gasteiger partial charge is 0.220 e. The van der Waals surface area contributed by atoms with E-state index < -0.39 is 0 Å². The Morgan fingerprint density at radius 3 is 3.07 bits per heavy atom. The average Bonchev–Trinajstić information content (AvgIpc) is 2.25. The number of carbonyl (C=O) groups is 1. The molecule has 0 aliphatic heterocycles. The number of aliphatic hydroxyl groups is 1. The monoisotopic (exact) mass is 195 g/mol. The first kappa shape index (κ1) is 10.6. The van der Waals surface area contributed by atoms with Gasteiger partial charge in [0.2, 0.25) is 5.91 Å². The number of hydrogen-bond acceptors (Lipinski definition) is 4. The van der Waals surface area contributed by atoms with Crippen molar-refractivity contribution in [2.45, 2.75) is 19.4 Å². The van der Waals surface area contributed by atoms with Crippen molar-refractivity contribution in [3.8, 4) is 0 Å². The molecule has 0 radical (unpaired) electrons. The Labute approximate surface area is 82.2 Å². The molecule has 14 heavy (non-hydrogen) atoms. The minimum Gasteiger partial charge on any atom is -0.396 e. The van der Waals surface area contributed by atoms with Crippen LogP contribution in [0.25, 0.3) is 0 Å². The third kappa shape index (κ3) is 3.95. The lowest BCUT2D eigenvalue weighted by atomic mass is 10.3. The molecule has 1 amide bonds. The highest BCUT2D eigenvalue weighted by Crippen LogP contribution is 1.92. The van der Waals surface area contributed by atoms with Gasteiger partial charge < -0.3 is 10.4 Å². The number of rotatable bonds is 5. The second-order valence-electron chi connectivity index (χ2n) is 2.80. The van der Waals surface area contributed by atoms with Crippen molar-refractivity contribution in [1.29, 1.82) is 0 Å². The van der Waals surface area contributed by atoms with Gasteiger partial charge in [-0.3, -0.25) is 4.79 Å². The molecule has 0 saturated carbocycles. The maximum Gasteiger partial charge on any atom is 0.220 e. The van der Waals surface area contributed by atoms with Crippen molar-refractivity contribution in [2.75, 3.05) is 6.61 Å². The highest BCUT2D eigenvalue weighted by Gasteiger charge is 2.00. The molecular formula is C9H13N3O2. The summed E-state index contributed by atoms with van der Waals surface area (Å²) in [6.45, 7) is 0.452. The molecule has 0 bridgehead atoms. The van der Waals surface area contributed by atoms with Gasteiger partial charge in [0.25, 0.3) is 0 Å². The van der Waals surface area contributed by atoms with Crippen molar-refractivity contribution in [3.05, 3.63) is 24.3 Å². The predicted octanol–water partition coefficient (Wildman–Crippen LogP) is -0.135. The summed E-state index contributed by atoms with van der Waals surface area (Å²) in [6.07, 6.45) is 3.91. The Morgan fingerprint density at radius 1 is 1.57 bits per heavy atom. The van der Waals surface area contributed by atoms with E-state index in [-0.39, 0.29) is 12.5 Å². The zero-order valence-electron chi connectivity index (χ0n) is 7.81. The van der Waals surface area contributed by atoms with Crippen molar-refractivity contribution in [1.82, 2.24) is 15.3 Å². The number of aromatic nitrogens is 2. The zero-order chi connectivity index (χ0) is 10.2. The largest absolute Gasteiger partial charge is 0.396 e. The highest BCUT2D eigenvalue weighted by molar-refractivity contribution is 5.75. The summed E-state index contributed by atoms with van der Waals surface area (Å²) in [7, 11) is 0. The quantitative estimate of drug-likeness (QED) is 0.686.